The van der Waals surface area contributed by atoms with Crippen molar-refractivity contribution in [1.82, 2.24) is 0 Å². The highest BCUT2D eigenvalue weighted by molar-refractivity contribution is 4.87. The molecule has 0 spiro atoms. The van der Waals surface area contributed by atoms with E-state index in [1.807, 2.05) is 5.92 Å². The summed E-state index contributed by atoms with van der Waals surface area (Å²) in [5, 5.41) is 0. The molecule has 0 bridgehead atoms. The maximum absolute atomic E-state index is 2.41. The molecule has 0 aliphatic heterocycles. The Balaban J connectivity index is 3.23. The van der Waals surface area contributed by atoms with E-state index in [9.17, 15) is 0 Å². The highest BCUT2D eigenvalue weighted by Gasteiger charge is 2.06. The SMILES string of the molecule is CCCCCCCCCCCCCCCCCCCCCC[C](CC)CCCCCCCCCCCCCCCCCCCCCC. The van der Waals surface area contributed by atoms with Gasteiger partial charge in [-0.3, -0.25) is 0 Å². The standard InChI is InChI=1S/C47H95/c1-4-7-9-11-13-15-17-19-21-23-25-27-29-31-33-35-37-39-41-43-45-47(6-3)46-44-42-40-38-36-34-32-30-28-26-24-22-20-18-16-14-12-10-8-5-2/h4-46H2,1-3H3. The average Bonchev–Trinajstić information content (AvgIpc) is 3.09. The summed E-state index contributed by atoms with van der Waals surface area (Å²) >= 11 is 0. The van der Waals surface area contributed by atoms with Crippen LogP contribution in [0.1, 0.15) is 297 Å². The smallest absolute Gasteiger partial charge is 0.0244 e. The fourth-order valence-electron chi connectivity index (χ4n) is 7.74. The first kappa shape index (κ1) is 47.0. The fraction of sp³-hybridized carbons (Fsp3) is 0.979. The van der Waals surface area contributed by atoms with E-state index in [1.165, 1.54) is 276 Å². The van der Waals surface area contributed by atoms with Crippen molar-refractivity contribution in [3.63, 3.8) is 0 Å². The minimum atomic E-state index is 1.33. The van der Waals surface area contributed by atoms with Crippen molar-refractivity contribution in [3.8, 4) is 0 Å². The Labute approximate surface area is 302 Å². The Hall–Kier alpha value is 0. The molecule has 0 aliphatic carbocycles. The molecule has 0 saturated carbocycles. The van der Waals surface area contributed by atoms with E-state index in [-0.39, 0.29) is 0 Å². The van der Waals surface area contributed by atoms with Crippen LogP contribution in [-0.2, 0) is 0 Å². The second-order valence-electron chi connectivity index (χ2n) is 16.0. The summed E-state index contributed by atoms with van der Waals surface area (Å²) in [5.41, 5.74) is 0. The van der Waals surface area contributed by atoms with Crippen LogP contribution in [-0.4, -0.2) is 0 Å². The van der Waals surface area contributed by atoms with Crippen molar-refractivity contribution in [2.24, 2.45) is 0 Å². The zero-order chi connectivity index (χ0) is 34.0. The molecule has 0 aliphatic rings. The van der Waals surface area contributed by atoms with Gasteiger partial charge in [-0.2, -0.15) is 0 Å². The van der Waals surface area contributed by atoms with Gasteiger partial charge in [0, 0.05) is 0 Å². The van der Waals surface area contributed by atoms with Gasteiger partial charge in [0.1, 0.15) is 0 Å². The van der Waals surface area contributed by atoms with Crippen molar-refractivity contribution < 1.29 is 0 Å². The molecule has 0 unspecified atom stereocenters. The summed E-state index contributed by atoms with van der Waals surface area (Å²) in [5.74, 6) is 1.87. The molecule has 0 saturated heterocycles. The van der Waals surface area contributed by atoms with Gasteiger partial charge in [0.05, 0.1) is 0 Å². The second kappa shape index (κ2) is 44.0. The summed E-state index contributed by atoms with van der Waals surface area (Å²) < 4.78 is 0. The molecule has 0 N–H and O–H groups in total. The van der Waals surface area contributed by atoms with Gasteiger partial charge in [0.15, 0.2) is 0 Å². The predicted octanol–water partition coefficient (Wildman–Crippen LogP) is 18.4. The number of rotatable bonds is 43. The molecule has 0 aromatic carbocycles. The van der Waals surface area contributed by atoms with Crippen molar-refractivity contribution in [2.75, 3.05) is 0 Å². The van der Waals surface area contributed by atoms with E-state index < -0.39 is 0 Å². The van der Waals surface area contributed by atoms with Crippen molar-refractivity contribution in [1.29, 1.82) is 0 Å². The Morgan fingerprint density at radius 3 is 0.489 bits per heavy atom. The van der Waals surface area contributed by atoms with Crippen LogP contribution in [0.5, 0.6) is 0 Å². The van der Waals surface area contributed by atoms with Gasteiger partial charge in [-0.05, 0) is 25.2 Å². The fourth-order valence-corrected chi connectivity index (χ4v) is 7.74. The van der Waals surface area contributed by atoms with Gasteiger partial charge in [0.2, 0.25) is 0 Å². The molecule has 0 heterocycles. The Morgan fingerprint density at radius 1 is 0.191 bits per heavy atom. The molecule has 47 heavy (non-hydrogen) atoms. The molecule has 0 atom stereocenters. The Morgan fingerprint density at radius 2 is 0.340 bits per heavy atom. The van der Waals surface area contributed by atoms with Gasteiger partial charge >= 0.3 is 0 Å². The molecule has 0 fully saturated rings. The third-order valence-corrected chi connectivity index (χ3v) is 11.3. The molecule has 0 amide bonds. The third kappa shape index (κ3) is 42.1. The van der Waals surface area contributed by atoms with Gasteiger partial charge < -0.3 is 0 Å². The van der Waals surface area contributed by atoms with E-state index in [4.69, 9.17) is 0 Å². The summed E-state index contributed by atoms with van der Waals surface area (Å²) in [4.78, 5) is 0. The van der Waals surface area contributed by atoms with Gasteiger partial charge in [-0.15, -0.1) is 0 Å². The minimum Gasteiger partial charge on any atom is -0.0654 e. The van der Waals surface area contributed by atoms with Crippen LogP contribution in [0, 0.1) is 5.92 Å². The van der Waals surface area contributed by atoms with E-state index in [2.05, 4.69) is 20.8 Å². The lowest BCUT2D eigenvalue weighted by Gasteiger charge is -2.14. The third-order valence-electron chi connectivity index (χ3n) is 11.3. The first-order valence-corrected chi connectivity index (χ1v) is 23.2. The van der Waals surface area contributed by atoms with Crippen LogP contribution < -0.4 is 0 Å². The molecule has 0 rings (SSSR count). The van der Waals surface area contributed by atoms with Crippen molar-refractivity contribution in [2.45, 2.75) is 297 Å². The lowest BCUT2D eigenvalue weighted by molar-refractivity contribution is 0.511. The summed E-state index contributed by atoms with van der Waals surface area (Å²) in [6.07, 6.45) is 63.3. The second-order valence-corrected chi connectivity index (χ2v) is 16.0. The van der Waals surface area contributed by atoms with E-state index in [0.717, 1.165) is 0 Å². The zero-order valence-corrected chi connectivity index (χ0v) is 33.9. The quantitative estimate of drug-likeness (QED) is 0.0571. The van der Waals surface area contributed by atoms with Gasteiger partial charge in [-0.1, -0.05) is 278 Å². The number of unbranched alkanes of at least 4 members (excludes halogenated alkanes) is 38. The summed E-state index contributed by atoms with van der Waals surface area (Å²) in [7, 11) is 0. The van der Waals surface area contributed by atoms with E-state index in [1.54, 1.807) is 0 Å². The molecule has 0 aromatic rings. The van der Waals surface area contributed by atoms with Crippen LogP contribution >= 0.6 is 0 Å². The maximum atomic E-state index is 2.41. The van der Waals surface area contributed by atoms with Crippen LogP contribution in [0.3, 0.4) is 0 Å². The van der Waals surface area contributed by atoms with Gasteiger partial charge in [-0.25, -0.2) is 0 Å². The van der Waals surface area contributed by atoms with E-state index in [0.29, 0.717) is 0 Å². The Bertz CT molecular complexity index is 464. The van der Waals surface area contributed by atoms with Crippen molar-refractivity contribution >= 4 is 0 Å². The van der Waals surface area contributed by atoms with Crippen LogP contribution in [0.4, 0.5) is 0 Å². The topological polar surface area (TPSA) is 0 Å². The normalized spacial score (nSPS) is 11.7. The first-order chi connectivity index (χ1) is 23.3. The monoisotopic (exact) mass is 660 g/mol. The number of hydrogen-bond acceptors (Lipinski definition) is 0. The molecule has 1 radical (unpaired) electrons. The lowest BCUT2D eigenvalue weighted by Crippen LogP contribution is -1.97. The number of hydrogen-bond donors (Lipinski definition) is 0. The first-order valence-electron chi connectivity index (χ1n) is 23.2. The maximum Gasteiger partial charge on any atom is -0.0244 e. The average molecular weight is 660 g/mol. The molecular weight excluding hydrogens is 565 g/mol. The molecular formula is C47H95. The van der Waals surface area contributed by atoms with Crippen LogP contribution in [0.2, 0.25) is 0 Å². The van der Waals surface area contributed by atoms with Gasteiger partial charge in [0.25, 0.3) is 0 Å². The highest BCUT2D eigenvalue weighted by atomic mass is 14.1. The zero-order valence-electron chi connectivity index (χ0n) is 33.9. The van der Waals surface area contributed by atoms with E-state index >= 15 is 0 Å². The van der Waals surface area contributed by atoms with Crippen LogP contribution in [0.25, 0.3) is 0 Å². The summed E-state index contributed by atoms with van der Waals surface area (Å²) in [6, 6.07) is 0. The van der Waals surface area contributed by atoms with Crippen molar-refractivity contribution in [3.05, 3.63) is 5.92 Å². The largest absolute Gasteiger partial charge is 0.0654 e. The molecule has 0 aromatic heterocycles. The minimum absolute atomic E-state index is 1.33. The molecule has 0 heteroatoms. The molecule has 283 valence electrons. The Kier molecular flexibility index (Phi) is 44.0. The molecule has 0 nitrogen and oxygen atoms in total. The predicted molar refractivity (Wildman–Crippen MR) is 219 cm³/mol. The lowest BCUT2D eigenvalue weighted by atomic mass is 9.92. The highest BCUT2D eigenvalue weighted by Crippen LogP contribution is 2.24. The van der Waals surface area contributed by atoms with Crippen LogP contribution in [0.15, 0.2) is 0 Å². The summed E-state index contributed by atoms with van der Waals surface area (Å²) in [6.45, 7) is 7.03.